The minimum Gasteiger partial charge on any atom is -0.495 e. The molecule has 0 saturated heterocycles. The third kappa shape index (κ3) is 5.89. The van der Waals surface area contributed by atoms with Gasteiger partial charge < -0.3 is 19.2 Å². The first-order valence-electron chi connectivity index (χ1n) is 12.3. The predicted octanol–water partition coefficient (Wildman–Crippen LogP) is 7.14. The maximum atomic E-state index is 13.3. The van der Waals surface area contributed by atoms with E-state index < -0.39 is 11.9 Å². The van der Waals surface area contributed by atoms with Crippen molar-refractivity contribution in [1.29, 1.82) is 0 Å². The average molecular weight is 588 g/mol. The first-order chi connectivity index (χ1) is 19.9. The molecule has 0 saturated carbocycles. The van der Waals surface area contributed by atoms with Crippen LogP contribution in [-0.4, -0.2) is 37.3 Å². The molecule has 1 aromatic heterocycles. The van der Waals surface area contributed by atoms with E-state index in [1.165, 1.54) is 13.3 Å². The first kappa shape index (κ1) is 27.8. The summed E-state index contributed by atoms with van der Waals surface area (Å²) in [5.41, 5.74) is 5.76. The molecule has 206 valence electrons. The molecule has 0 spiro atoms. The third-order valence-electron chi connectivity index (χ3n) is 6.24. The number of nitrogens with zero attached hydrogens (tertiary/aromatic N) is 1. The zero-order valence-electron chi connectivity index (χ0n) is 21.9. The van der Waals surface area contributed by atoms with Gasteiger partial charge in [-0.15, -0.1) is 0 Å². The maximum absolute atomic E-state index is 13.3. The van der Waals surface area contributed by atoms with Gasteiger partial charge in [-0.2, -0.15) is 5.10 Å². The summed E-state index contributed by atoms with van der Waals surface area (Å²) >= 11 is 12.4. The van der Waals surface area contributed by atoms with Gasteiger partial charge in [-0.3, -0.25) is 4.79 Å². The zero-order valence-corrected chi connectivity index (χ0v) is 23.4. The summed E-state index contributed by atoms with van der Waals surface area (Å²) < 4.78 is 16.4. The number of para-hydroxylation sites is 1. The predicted molar refractivity (Wildman–Crippen MR) is 160 cm³/mol. The van der Waals surface area contributed by atoms with Gasteiger partial charge in [0.15, 0.2) is 11.5 Å². The number of nitrogens with one attached hydrogen (secondary N) is 2. The lowest BCUT2D eigenvalue weighted by Gasteiger charge is -2.10. The molecule has 0 aliphatic heterocycles. The number of rotatable bonds is 8. The molecule has 0 radical (unpaired) electrons. The fourth-order valence-corrected chi connectivity index (χ4v) is 4.65. The van der Waals surface area contributed by atoms with Crippen molar-refractivity contribution in [2.75, 3.05) is 14.2 Å². The number of carbonyl (C=O) groups excluding carboxylic acids is 2. The molecule has 1 amide bonds. The molecule has 0 fully saturated rings. The highest BCUT2D eigenvalue weighted by molar-refractivity contribution is 6.34. The summed E-state index contributed by atoms with van der Waals surface area (Å²) in [6, 6.07) is 24.1. The van der Waals surface area contributed by atoms with Gasteiger partial charge in [-0.25, -0.2) is 10.2 Å². The standard InChI is InChI=1S/C31H23Cl2N3O5/c1-39-25-9-5-7-22-27(21-6-3-4-8-23(21)33)29(35-28(22)25)30(37)36-34-17-18-10-15-24(26(16-18)40-2)41-31(38)19-11-13-20(32)14-12-19/h3-17,35H,1-2H3,(H,36,37). The second-order valence-corrected chi connectivity index (χ2v) is 9.59. The van der Waals surface area contributed by atoms with Crippen LogP contribution in [0, 0.1) is 0 Å². The van der Waals surface area contributed by atoms with Crippen molar-refractivity contribution < 1.29 is 23.8 Å². The van der Waals surface area contributed by atoms with Gasteiger partial charge in [-0.05, 0) is 60.2 Å². The number of H-pyrrole nitrogens is 1. The summed E-state index contributed by atoms with van der Waals surface area (Å²) in [5.74, 6) is 0.0893. The largest absolute Gasteiger partial charge is 0.495 e. The average Bonchev–Trinajstić information content (AvgIpc) is 3.38. The summed E-state index contributed by atoms with van der Waals surface area (Å²) in [7, 11) is 3.02. The lowest BCUT2D eigenvalue weighted by Crippen LogP contribution is -2.19. The number of carbonyl (C=O) groups is 2. The van der Waals surface area contributed by atoms with E-state index in [1.807, 2.05) is 30.3 Å². The molecule has 41 heavy (non-hydrogen) atoms. The number of aromatic nitrogens is 1. The quantitative estimate of drug-likeness (QED) is 0.0869. The van der Waals surface area contributed by atoms with Gasteiger partial charge in [0, 0.05) is 26.6 Å². The van der Waals surface area contributed by atoms with Crippen LogP contribution in [0.5, 0.6) is 17.2 Å². The Balaban J connectivity index is 1.38. The van der Waals surface area contributed by atoms with Gasteiger partial charge in [0.1, 0.15) is 11.4 Å². The number of methoxy groups -OCH3 is 2. The molecular formula is C31H23Cl2N3O5. The van der Waals surface area contributed by atoms with Crippen LogP contribution in [-0.2, 0) is 0 Å². The molecule has 4 aromatic carbocycles. The fraction of sp³-hybridized carbons (Fsp3) is 0.0645. The molecule has 8 nitrogen and oxygen atoms in total. The van der Waals surface area contributed by atoms with E-state index in [-0.39, 0.29) is 11.4 Å². The second kappa shape index (κ2) is 12.2. The Labute approximate surface area is 245 Å². The highest BCUT2D eigenvalue weighted by atomic mass is 35.5. The minimum absolute atomic E-state index is 0.227. The highest BCUT2D eigenvalue weighted by Gasteiger charge is 2.22. The summed E-state index contributed by atoms with van der Waals surface area (Å²) in [6.45, 7) is 0. The van der Waals surface area contributed by atoms with Crippen LogP contribution in [0.15, 0.2) is 90.0 Å². The molecule has 1 heterocycles. The van der Waals surface area contributed by atoms with E-state index in [2.05, 4.69) is 15.5 Å². The van der Waals surface area contributed by atoms with Crippen molar-refractivity contribution in [3.63, 3.8) is 0 Å². The smallest absolute Gasteiger partial charge is 0.343 e. The number of aromatic amines is 1. The summed E-state index contributed by atoms with van der Waals surface area (Å²) in [6.07, 6.45) is 1.45. The van der Waals surface area contributed by atoms with E-state index in [0.717, 1.165) is 5.39 Å². The number of halogens is 2. The van der Waals surface area contributed by atoms with E-state index in [1.54, 1.807) is 61.7 Å². The van der Waals surface area contributed by atoms with Gasteiger partial charge in [0.25, 0.3) is 5.91 Å². The Morgan fingerprint density at radius 2 is 1.61 bits per heavy atom. The van der Waals surface area contributed by atoms with Gasteiger partial charge in [-0.1, -0.05) is 53.5 Å². The van der Waals surface area contributed by atoms with Crippen LogP contribution >= 0.6 is 23.2 Å². The van der Waals surface area contributed by atoms with E-state index in [9.17, 15) is 9.59 Å². The molecule has 2 N–H and O–H groups in total. The molecule has 0 aliphatic rings. The monoisotopic (exact) mass is 587 g/mol. The number of esters is 1. The van der Waals surface area contributed by atoms with Crippen molar-refractivity contribution in [2.45, 2.75) is 0 Å². The number of benzene rings is 4. The molecule has 5 aromatic rings. The zero-order chi connectivity index (χ0) is 28.9. The molecule has 10 heteroatoms. The van der Waals surface area contributed by atoms with Crippen molar-refractivity contribution in [2.24, 2.45) is 5.10 Å². The van der Waals surface area contributed by atoms with Crippen LogP contribution < -0.4 is 19.6 Å². The summed E-state index contributed by atoms with van der Waals surface area (Å²) in [4.78, 5) is 29.0. The fourth-order valence-electron chi connectivity index (χ4n) is 4.29. The third-order valence-corrected chi connectivity index (χ3v) is 6.82. The number of ether oxygens (including phenoxy) is 3. The van der Waals surface area contributed by atoms with Crippen molar-refractivity contribution in [3.05, 3.63) is 112 Å². The van der Waals surface area contributed by atoms with Crippen LogP contribution in [0.2, 0.25) is 10.0 Å². The molecule has 0 atom stereocenters. The number of fused-ring (bicyclic) bond motifs is 1. The molecular weight excluding hydrogens is 565 g/mol. The Bertz CT molecular complexity index is 1780. The lowest BCUT2D eigenvalue weighted by molar-refractivity contribution is 0.0729. The Morgan fingerprint density at radius 1 is 0.854 bits per heavy atom. The first-order valence-corrected chi connectivity index (χ1v) is 13.1. The van der Waals surface area contributed by atoms with E-state index in [4.69, 9.17) is 37.4 Å². The molecule has 0 unspecified atom stereocenters. The van der Waals surface area contributed by atoms with Crippen molar-refractivity contribution in [1.82, 2.24) is 10.4 Å². The Morgan fingerprint density at radius 3 is 2.34 bits per heavy atom. The number of hydrazone groups is 1. The van der Waals surface area contributed by atoms with Crippen LogP contribution in [0.25, 0.3) is 22.0 Å². The molecule has 5 rings (SSSR count). The number of amides is 1. The SMILES string of the molecule is COc1cc(C=NNC(=O)c2[nH]c3c(OC)cccc3c2-c2ccccc2Cl)ccc1OC(=O)c1ccc(Cl)cc1. The van der Waals surface area contributed by atoms with E-state index in [0.29, 0.717) is 49.3 Å². The Kier molecular flexibility index (Phi) is 8.24. The van der Waals surface area contributed by atoms with Gasteiger partial charge in [0.2, 0.25) is 0 Å². The van der Waals surface area contributed by atoms with Gasteiger partial charge in [0.05, 0.1) is 31.5 Å². The summed E-state index contributed by atoms with van der Waals surface area (Å²) in [5, 5.41) is 5.91. The van der Waals surface area contributed by atoms with Crippen LogP contribution in [0.3, 0.4) is 0 Å². The van der Waals surface area contributed by atoms with Crippen molar-refractivity contribution in [3.8, 4) is 28.4 Å². The highest BCUT2D eigenvalue weighted by Crippen LogP contribution is 2.39. The van der Waals surface area contributed by atoms with Crippen LogP contribution in [0.1, 0.15) is 26.4 Å². The van der Waals surface area contributed by atoms with E-state index >= 15 is 0 Å². The number of hydrogen-bond acceptors (Lipinski definition) is 6. The molecule has 0 aliphatic carbocycles. The molecule has 0 bridgehead atoms. The van der Waals surface area contributed by atoms with Crippen molar-refractivity contribution >= 4 is 52.2 Å². The Hall–Kier alpha value is -4.79. The van der Waals surface area contributed by atoms with Gasteiger partial charge >= 0.3 is 5.97 Å². The number of hydrogen-bond donors (Lipinski definition) is 2. The topological polar surface area (TPSA) is 102 Å². The maximum Gasteiger partial charge on any atom is 0.343 e. The normalized spacial score (nSPS) is 11.0. The van der Waals surface area contributed by atoms with Crippen LogP contribution in [0.4, 0.5) is 0 Å². The lowest BCUT2D eigenvalue weighted by atomic mass is 10.0. The minimum atomic E-state index is -0.557. The second-order valence-electron chi connectivity index (χ2n) is 8.74.